The van der Waals surface area contributed by atoms with Gasteiger partial charge >= 0.3 is 13.7 Å². The molecular formula is C23H24BF3N2O3. The Hall–Kier alpha value is -3.20. The van der Waals surface area contributed by atoms with E-state index in [0.717, 1.165) is 11.1 Å². The Balaban J connectivity index is 2.01. The van der Waals surface area contributed by atoms with Crippen molar-refractivity contribution in [3.63, 3.8) is 0 Å². The second-order valence-electron chi connectivity index (χ2n) is 7.31. The molecule has 1 N–H and O–H groups in total. The van der Waals surface area contributed by atoms with Crippen molar-refractivity contribution < 1.29 is 27.7 Å². The SMILES string of the molecule is COc1ccc(CN(Cc2ccc(OC)cc2)c2cc(BO)c(C(F)(F)F)c(C)n2)cc1. The average molecular weight is 444 g/mol. The number of methoxy groups -OCH3 is 2. The number of hydrogen-bond donors (Lipinski definition) is 1. The van der Waals surface area contributed by atoms with E-state index in [2.05, 4.69) is 4.98 Å². The van der Waals surface area contributed by atoms with Crippen LogP contribution >= 0.6 is 0 Å². The molecule has 0 saturated heterocycles. The monoisotopic (exact) mass is 444 g/mol. The van der Waals surface area contributed by atoms with Gasteiger partial charge in [-0.15, -0.1) is 0 Å². The second-order valence-corrected chi connectivity index (χ2v) is 7.31. The molecule has 0 spiro atoms. The molecule has 0 fully saturated rings. The quantitative estimate of drug-likeness (QED) is 0.539. The summed E-state index contributed by atoms with van der Waals surface area (Å²) < 4.78 is 50.8. The van der Waals surface area contributed by atoms with Gasteiger partial charge in [0.25, 0.3) is 0 Å². The minimum absolute atomic E-state index is 0.173. The maximum atomic E-state index is 13.5. The van der Waals surface area contributed by atoms with Gasteiger partial charge in [0.05, 0.1) is 25.5 Å². The highest BCUT2D eigenvalue weighted by Crippen LogP contribution is 2.31. The lowest BCUT2D eigenvalue weighted by molar-refractivity contribution is -0.137. The predicted molar refractivity (Wildman–Crippen MR) is 119 cm³/mol. The molecule has 3 aromatic rings. The fourth-order valence-electron chi connectivity index (χ4n) is 3.51. The average Bonchev–Trinajstić information content (AvgIpc) is 2.78. The highest BCUT2D eigenvalue weighted by Gasteiger charge is 2.36. The third-order valence-electron chi connectivity index (χ3n) is 5.11. The van der Waals surface area contributed by atoms with Crippen molar-refractivity contribution in [2.75, 3.05) is 19.1 Å². The van der Waals surface area contributed by atoms with E-state index in [1.54, 1.807) is 14.2 Å². The van der Waals surface area contributed by atoms with Crippen LogP contribution in [-0.4, -0.2) is 31.7 Å². The number of aromatic nitrogens is 1. The van der Waals surface area contributed by atoms with Crippen LogP contribution in [0.1, 0.15) is 22.4 Å². The van der Waals surface area contributed by atoms with E-state index in [9.17, 15) is 18.2 Å². The first kappa shape index (κ1) is 23.5. The summed E-state index contributed by atoms with van der Waals surface area (Å²) in [4.78, 5) is 6.12. The van der Waals surface area contributed by atoms with E-state index < -0.39 is 19.2 Å². The third kappa shape index (κ3) is 5.53. The van der Waals surface area contributed by atoms with E-state index in [4.69, 9.17) is 9.47 Å². The molecule has 2 aromatic carbocycles. The van der Waals surface area contributed by atoms with Gasteiger partial charge in [0.2, 0.25) is 0 Å². The Morgan fingerprint density at radius 2 is 1.38 bits per heavy atom. The number of halogens is 3. The van der Waals surface area contributed by atoms with Crippen LogP contribution in [0.3, 0.4) is 0 Å². The molecule has 0 saturated carbocycles. The number of aryl methyl sites for hydroxylation is 1. The molecule has 168 valence electrons. The summed E-state index contributed by atoms with van der Waals surface area (Å²) in [6, 6.07) is 16.2. The van der Waals surface area contributed by atoms with Crippen LogP contribution in [0, 0.1) is 6.92 Å². The zero-order chi connectivity index (χ0) is 23.3. The van der Waals surface area contributed by atoms with Crippen molar-refractivity contribution in [2.45, 2.75) is 26.2 Å². The van der Waals surface area contributed by atoms with Gasteiger partial charge in [0, 0.05) is 13.1 Å². The number of hydrogen-bond acceptors (Lipinski definition) is 5. The maximum absolute atomic E-state index is 13.5. The normalized spacial score (nSPS) is 11.2. The Morgan fingerprint density at radius 3 is 1.75 bits per heavy atom. The fourth-order valence-corrected chi connectivity index (χ4v) is 3.51. The number of alkyl halides is 3. The first-order valence-electron chi connectivity index (χ1n) is 9.94. The highest BCUT2D eigenvalue weighted by molar-refractivity contribution is 6.46. The van der Waals surface area contributed by atoms with Crippen molar-refractivity contribution in [3.05, 3.63) is 77.0 Å². The van der Waals surface area contributed by atoms with Crippen LogP contribution in [0.2, 0.25) is 0 Å². The number of benzene rings is 2. The number of pyridine rings is 1. The van der Waals surface area contributed by atoms with E-state index in [-0.39, 0.29) is 11.2 Å². The first-order chi connectivity index (χ1) is 15.2. The van der Waals surface area contributed by atoms with Gasteiger partial charge in [-0.1, -0.05) is 24.3 Å². The van der Waals surface area contributed by atoms with Crippen LogP contribution < -0.4 is 19.8 Å². The standard InChI is InChI=1S/C23H24BF3N2O3/c1-15-22(23(25,26)27)20(24-30)12-21(28-15)29(13-16-4-8-18(31-2)9-5-16)14-17-6-10-19(32-3)11-7-17/h4-12,24,30H,13-14H2,1-3H3. The summed E-state index contributed by atoms with van der Waals surface area (Å²) in [7, 11) is 2.43. The number of nitrogens with zero attached hydrogens (tertiary/aromatic N) is 2. The first-order valence-corrected chi connectivity index (χ1v) is 9.94. The van der Waals surface area contributed by atoms with E-state index >= 15 is 0 Å². The molecule has 5 nitrogen and oxygen atoms in total. The molecule has 0 atom stereocenters. The van der Waals surface area contributed by atoms with Gasteiger partial charge < -0.3 is 19.4 Å². The maximum Gasteiger partial charge on any atom is 0.417 e. The Labute approximate surface area is 185 Å². The van der Waals surface area contributed by atoms with E-state index in [1.165, 1.54) is 13.0 Å². The van der Waals surface area contributed by atoms with Gasteiger partial charge in [-0.2, -0.15) is 13.2 Å². The summed E-state index contributed by atoms with van der Waals surface area (Å²) in [5.74, 6) is 1.77. The minimum Gasteiger partial charge on any atom is -0.497 e. The zero-order valence-corrected chi connectivity index (χ0v) is 18.1. The Bertz CT molecular complexity index is 993. The largest absolute Gasteiger partial charge is 0.497 e. The van der Waals surface area contributed by atoms with Gasteiger partial charge in [-0.25, -0.2) is 4.98 Å². The zero-order valence-electron chi connectivity index (χ0n) is 18.1. The summed E-state index contributed by atoms with van der Waals surface area (Å²) in [6.07, 6.45) is -4.59. The molecule has 0 aliphatic carbocycles. The molecule has 32 heavy (non-hydrogen) atoms. The van der Waals surface area contributed by atoms with Crippen LogP contribution in [0.4, 0.5) is 19.0 Å². The molecule has 0 radical (unpaired) electrons. The van der Waals surface area contributed by atoms with Crippen molar-refractivity contribution >= 4 is 18.8 Å². The summed E-state index contributed by atoms with van der Waals surface area (Å²) in [5.41, 5.74) is 0.606. The molecular weight excluding hydrogens is 420 g/mol. The van der Waals surface area contributed by atoms with Gasteiger partial charge in [0.15, 0.2) is 0 Å². The minimum atomic E-state index is -4.59. The van der Waals surface area contributed by atoms with Gasteiger partial charge in [-0.3, -0.25) is 0 Å². The second kappa shape index (κ2) is 9.95. The lowest BCUT2D eigenvalue weighted by atomic mass is 9.83. The van der Waals surface area contributed by atoms with Crippen molar-refractivity contribution in [1.82, 2.24) is 4.98 Å². The third-order valence-corrected chi connectivity index (χ3v) is 5.11. The number of ether oxygens (including phenoxy) is 2. The van der Waals surface area contributed by atoms with Crippen LogP contribution in [0.25, 0.3) is 0 Å². The molecule has 0 amide bonds. The fraction of sp³-hybridized carbons (Fsp3) is 0.261. The number of rotatable bonds is 8. The predicted octanol–water partition coefficient (Wildman–Crippen LogP) is 3.60. The lowest BCUT2D eigenvalue weighted by Gasteiger charge is -2.26. The molecule has 9 heteroatoms. The van der Waals surface area contributed by atoms with Crippen LogP contribution in [-0.2, 0) is 19.3 Å². The van der Waals surface area contributed by atoms with Crippen LogP contribution in [0.15, 0.2) is 54.6 Å². The Kier molecular flexibility index (Phi) is 7.30. The smallest absolute Gasteiger partial charge is 0.417 e. The van der Waals surface area contributed by atoms with E-state index in [0.29, 0.717) is 30.4 Å². The van der Waals surface area contributed by atoms with Gasteiger partial charge in [-0.05, 0) is 53.8 Å². The summed E-state index contributed by atoms with van der Waals surface area (Å²) in [5, 5.41) is 9.63. The molecule has 3 rings (SSSR count). The molecule has 1 heterocycles. The summed E-state index contributed by atoms with van der Waals surface area (Å²) in [6.45, 7) is 2.11. The van der Waals surface area contributed by atoms with Gasteiger partial charge in [0.1, 0.15) is 17.3 Å². The molecule has 0 unspecified atom stereocenters. The highest BCUT2D eigenvalue weighted by atomic mass is 19.4. The molecule has 1 aromatic heterocycles. The molecule has 0 aliphatic heterocycles. The number of anilines is 1. The molecule has 0 aliphatic rings. The van der Waals surface area contributed by atoms with Crippen molar-refractivity contribution in [2.24, 2.45) is 0 Å². The van der Waals surface area contributed by atoms with Crippen molar-refractivity contribution in [1.29, 1.82) is 0 Å². The summed E-state index contributed by atoms with van der Waals surface area (Å²) >= 11 is 0. The van der Waals surface area contributed by atoms with Crippen molar-refractivity contribution in [3.8, 4) is 11.5 Å². The Morgan fingerprint density at radius 1 is 0.906 bits per heavy atom. The molecule has 0 bridgehead atoms. The van der Waals surface area contributed by atoms with Crippen LogP contribution in [0.5, 0.6) is 11.5 Å². The van der Waals surface area contributed by atoms with E-state index in [1.807, 2.05) is 53.4 Å². The topological polar surface area (TPSA) is 54.8 Å². The lowest BCUT2D eigenvalue weighted by Crippen LogP contribution is -2.31.